The van der Waals surface area contributed by atoms with Crippen LogP contribution in [-0.2, 0) is 28.5 Å². The second kappa shape index (κ2) is 11.3. The molecule has 0 aromatic rings. The van der Waals surface area contributed by atoms with Crippen molar-refractivity contribution < 1.29 is 28.5 Å². The molecule has 6 nitrogen and oxygen atoms in total. The van der Waals surface area contributed by atoms with Crippen molar-refractivity contribution in [2.75, 3.05) is 39.6 Å². The fraction of sp³-hybridized carbons (Fsp3) is 0.571. The minimum absolute atomic E-state index is 0.0167. The maximum Gasteiger partial charge on any atom is 0.343 e. The van der Waals surface area contributed by atoms with Crippen LogP contribution in [0.3, 0.4) is 0 Å². The molecule has 20 heavy (non-hydrogen) atoms. The summed E-state index contributed by atoms with van der Waals surface area (Å²) in [6, 6.07) is 0. The summed E-state index contributed by atoms with van der Waals surface area (Å²) in [4.78, 5) is 22.5. The summed E-state index contributed by atoms with van der Waals surface area (Å²) in [6.07, 6.45) is 0. The molecule has 0 aliphatic rings. The van der Waals surface area contributed by atoms with Crippen LogP contribution < -0.4 is 0 Å². The first-order chi connectivity index (χ1) is 9.49. The number of hydrogen-bond acceptors (Lipinski definition) is 6. The number of esters is 2. The van der Waals surface area contributed by atoms with Crippen molar-refractivity contribution in [2.24, 2.45) is 0 Å². The molecule has 6 heteroatoms. The summed E-state index contributed by atoms with van der Waals surface area (Å²) < 4.78 is 20.0. The molecule has 0 amide bonds. The van der Waals surface area contributed by atoms with Gasteiger partial charge in [0.2, 0.25) is 0 Å². The van der Waals surface area contributed by atoms with E-state index in [0.29, 0.717) is 33.0 Å². The van der Waals surface area contributed by atoms with E-state index >= 15 is 0 Å². The van der Waals surface area contributed by atoms with Crippen LogP contribution in [0.2, 0.25) is 0 Å². The zero-order valence-corrected chi connectivity index (χ0v) is 12.1. The van der Waals surface area contributed by atoms with E-state index in [0.717, 1.165) is 0 Å². The average Bonchev–Trinajstić information content (AvgIpc) is 2.41. The van der Waals surface area contributed by atoms with Crippen molar-refractivity contribution >= 4 is 11.9 Å². The molecular formula is C14H22O6. The second-order valence-corrected chi connectivity index (χ2v) is 3.92. The molecule has 114 valence electrons. The second-order valence-electron chi connectivity index (χ2n) is 3.92. The summed E-state index contributed by atoms with van der Waals surface area (Å²) in [5.74, 6) is -1.58. The third-order valence-electron chi connectivity index (χ3n) is 2.05. The number of hydrogen-bond donors (Lipinski definition) is 0. The molecule has 0 aromatic heterocycles. The van der Waals surface area contributed by atoms with Crippen molar-refractivity contribution in [3.8, 4) is 0 Å². The molecule has 0 spiro atoms. The largest absolute Gasteiger partial charge is 0.386 e. The Morgan fingerprint density at radius 1 is 0.900 bits per heavy atom. The normalized spacial score (nSPS) is 10.1. The number of carbonyl (C=O) groups excluding carboxylic acids is 2. The van der Waals surface area contributed by atoms with Crippen molar-refractivity contribution in [3.05, 3.63) is 24.3 Å². The monoisotopic (exact) mass is 286 g/mol. The van der Waals surface area contributed by atoms with E-state index < -0.39 is 11.9 Å². The predicted octanol–water partition coefficient (Wildman–Crippen LogP) is 1.26. The first-order valence-corrected chi connectivity index (χ1v) is 6.32. The van der Waals surface area contributed by atoms with Gasteiger partial charge in [-0.1, -0.05) is 13.2 Å². The van der Waals surface area contributed by atoms with Gasteiger partial charge in [0.1, 0.15) is 0 Å². The minimum Gasteiger partial charge on any atom is -0.386 e. The van der Waals surface area contributed by atoms with Gasteiger partial charge in [0.15, 0.2) is 0 Å². The molecule has 0 rings (SSSR count). The number of ether oxygens (including phenoxy) is 4. The molecule has 0 heterocycles. The molecule has 0 saturated carbocycles. The van der Waals surface area contributed by atoms with Gasteiger partial charge in [-0.05, 0) is 13.8 Å². The van der Waals surface area contributed by atoms with Crippen LogP contribution in [0.1, 0.15) is 13.8 Å². The Kier molecular flexibility index (Phi) is 10.5. The molecule has 0 bridgehead atoms. The molecule has 0 saturated heterocycles. The molecule has 0 aliphatic carbocycles. The van der Waals surface area contributed by atoms with Crippen molar-refractivity contribution in [1.29, 1.82) is 0 Å². The lowest BCUT2D eigenvalue weighted by molar-refractivity contribution is -0.154. The van der Waals surface area contributed by atoms with Gasteiger partial charge in [0, 0.05) is 12.2 Å². The molecule has 0 aliphatic heterocycles. The topological polar surface area (TPSA) is 71.1 Å². The zero-order chi connectivity index (χ0) is 15.4. The van der Waals surface area contributed by atoms with Crippen molar-refractivity contribution in [2.45, 2.75) is 13.8 Å². The van der Waals surface area contributed by atoms with Gasteiger partial charge in [-0.3, -0.25) is 0 Å². The van der Waals surface area contributed by atoms with Crippen LogP contribution >= 0.6 is 0 Å². The predicted molar refractivity (Wildman–Crippen MR) is 73.2 cm³/mol. The van der Waals surface area contributed by atoms with E-state index in [9.17, 15) is 9.59 Å². The summed E-state index contributed by atoms with van der Waals surface area (Å²) >= 11 is 0. The lowest BCUT2D eigenvalue weighted by atomic mass is 10.3. The Hall–Kier alpha value is -1.50. The van der Waals surface area contributed by atoms with E-state index in [1.54, 1.807) is 0 Å². The van der Waals surface area contributed by atoms with E-state index in [1.807, 2.05) is 6.92 Å². The summed E-state index contributed by atoms with van der Waals surface area (Å²) in [6.45, 7) is 12.6. The van der Waals surface area contributed by atoms with Crippen LogP contribution in [0, 0.1) is 0 Å². The van der Waals surface area contributed by atoms with Crippen LogP contribution in [0.5, 0.6) is 0 Å². The Morgan fingerprint density at radius 2 is 1.45 bits per heavy atom. The maximum absolute atomic E-state index is 11.4. The molecule has 0 unspecified atom stereocenters. The van der Waals surface area contributed by atoms with Gasteiger partial charge >= 0.3 is 11.9 Å². The highest BCUT2D eigenvalue weighted by molar-refractivity contribution is 6.01. The highest BCUT2D eigenvalue weighted by Gasteiger charge is 2.14. The lowest BCUT2D eigenvalue weighted by Crippen LogP contribution is -2.18. The maximum atomic E-state index is 11.4. The van der Waals surface area contributed by atoms with Gasteiger partial charge in [-0.2, -0.15) is 0 Å². The fourth-order valence-electron chi connectivity index (χ4n) is 0.980. The van der Waals surface area contributed by atoms with E-state index in [2.05, 4.69) is 17.9 Å². The van der Waals surface area contributed by atoms with Gasteiger partial charge in [0.05, 0.1) is 38.6 Å². The van der Waals surface area contributed by atoms with Gasteiger partial charge in [0.25, 0.3) is 0 Å². The molecule has 0 N–H and O–H groups in total. The fourth-order valence-corrected chi connectivity index (χ4v) is 0.980. The highest BCUT2D eigenvalue weighted by Crippen LogP contribution is 2.00. The lowest BCUT2D eigenvalue weighted by Gasteiger charge is -2.07. The summed E-state index contributed by atoms with van der Waals surface area (Å²) in [5, 5.41) is 0. The average molecular weight is 286 g/mol. The Labute approximate surface area is 119 Å². The standard InChI is InChI=1S/C14H22O6/c1-5-17-6-7-18-8-9-19-10-12(4)14(16)20-13(15)11(2)3/h2,4-10H2,1,3H3. The van der Waals surface area contributed by atoms with Crippen LogP contribution in [0.15, 0.2) is 24.3 Å². The first kappa shape index (κ1) is 18.5. The van der Waals surface area contributed by atoms with E-state index in [1.165, 1.54) is 6.92 Å². The minimum atomic E-state index is -0.810. The van der Waals surface area contributed by atoms with Gasteiger partial charge in [-0.25, -0.2) is 9.59 Å². The van der Waals surface area contributed by atoms with Crippen molar-refractivity contribution in [1.82, 2.24) is 0 Å². The van der Waals surface area contributed by atoms with E-state index in [4.69, 9.17) is 14.2 Å². The first-order valence-electron chi connectivity index (χ1n) is 6.32. The Bertz CT molecular complexity index is 348. The van der Waals surface area contributed by atoms with Crippen LogP contribution in [0.25, 0.3) is 0 Å². The molecular weight excluding hydrogens is 264 g/mol. The number of rotatable bonds is 11. The highest BCUT2D eigenvalue weighted by atomic mass is 16.6. The molecule has 0 aromatic carbocycles. The van der Waals surface area contributed by atoms with Crippen LogP contribution in [0.4, 0.5) is 0 Å². The quantitative estimate of drug-likeness (QED) is 0.246. The zero-order valence-electron chi connectivity index (χ0n) is 12.1. The Morgan fingerprint density at radius 3 is 2.00 bits per heavy atom. The van der Waals surface area contributed by atoms with E-state index in [-0.39, 0.29) is 17.8 Å². The third kappa shape index (κ3) is 9.43. The SMILES string of the molecule is C=C(C)C(=O)OC(=O)C(=C)COCCOCCOCC. The molecule has 0 radical (unpaired) electrons. The third-order valence-corrected chi connectivity index (χ3v) is 2.05. The molecule has 0 fully saturated rings. The van der Waals surface area contributed by atoms with Crippen LogP contribution in [-0.4, -0.2) is 51.6 Å². The summed E-state index contributed by atoms with van der Waals surface area (Å²) in [7, 11) is 0. The van der Waals surface area contributed by atoms with Gasteiger partial charge < -0.3 is 18.9 Å². The molecule has 0 atom stereocenters. The summed E-state index contributed by atoms with van der Waals surface area (Å²) in [5.41, 5.74) is 0.212. The van der Waals surface area contributed by atoms with Gasteiger partial charge in [-0.15, -0.1) is 0 Å². The smallest absolute Gasteiger partial charge is 0.343 e. The van der Waals surface area contributed by atoms with Crippen molar-refractivity contribution in [3.63, 3.8) is 0 Å². The number of carbonyl (C=O) groups is 2. The Balaban J connectivity index is 3.60.